The number of piperidine rings is 1. The molecule has 146 valence electrons. The molecule has 2 unspecified atom stereocenters. The highest BCUT2D eigenvalue weighted by Crippen LogP contribution is 2.29. The van der Waals surface area contributed by atoms with E-state index < -0.39 is 11.7 Å². The predicted octanol–water partition coefficient (Wildman–Crippen LogP) is 2.98. The highest BCUT2D eigenvalue weighted by Gasteiger charge is 2.34. The maximum atomic E-state index is 12.5. The molecular formula is C17H25Cl2N3O4. The molecule has 1 aliphatic rings. The van der Waals surface area contributed by atoms with Crippen molar-refractivity contribution in [2.75, 3.05) is 19.7 Å². The molecule has 1 aromatic rings. The maximum Gasteiger partial charge on any atom is 0.410 e. The maximum absolute atomic E-state index is 12.5. The number of ether oxygens (including phenoxy) is 1. The van der Waals surface area contributed by atoms with E-state index in [2.05, 4.69) is 10.3 Å². The first-order valence-corrected chi connectivity index (χ1v) is 9.22. The monoisotopic (exact) mass is 405 g/mol. The molecule has 2 atom stereocenters. The van der Waals surface area contributed by atoms with E-state index in [1.165, 1.54) is 0 Å². The molecule has 26 heavy (non-hydrogen) atoms. The van der Waals surface area contributed by atoms with E-state index in [4.69, 9.17) is 27.9 Å². The molecule has 0 spiro atoms. The first kappa shape index (κ1) is 20.9. The number of nitrogens with one attached hydrogen (secondary N) is 2. The fourth-order valence-corrected chi connectivity index (χ4v) is 3.28. The number of nitrogens with zero attached hydrogens (tertiary/aromatic N) is 1. The van der Waals surface area contributed by atoms with Gasteiger partial charge in [0, 0.05) is 37.4 Å². The van der Waals surface area contributed by atoms with Crippen LogP contribution >= 0.6 is 23.2 Å². The number of aromatic nitrogens is 1. The molecule has 9 heteroatoms. The molecule has 0 aromatic carbocycles. The van der Waals surface area contributed by atoms with Crippen LogP contribution in [-0.4, -0.2) is 58.3 Å². The number of halogens is 2. The summed E-state index contributed by atoms with van der Waals surface area (Å²) in [6.45, 7) is 7.68. The molecule has 0 bridgehead atoms. The molecule has 0 saturated carbocycles. The zero-order valence-corrected chi connectivity index (χ0v) is 16.9. The Balaban J connectivity index is 2.02. The Morgan fingerprint density at radius 2 is 2.00 bits per heavy atom. The van der Waals surface area contributed by atoms with E-state index >= 15 is 0 Å². The van der Waals surface area contributed by atoms with Gasteiger partial charge in [0.05, 0.1) is 10.0 Å². The minimum Gasteiger partial charge on any atom is -0.444 e. The van der Waals surface area contributed by atoms with Gasteiger partial charge in [-0.05, 0) is 34.1 Å². The molecular weight excluding hydrogens is 381 g/mol. The molecule has 2 rings (SSSR count). The second-order valence-corrected chi connectivity index (χ2v) is 8.25. The van der Waals surface area contributed by atoms with Gasteiger partial charge in [-0.15, -0.1) is 0 Å². The fourth-order valence-electron chi connectivity index (χ4n) is 2.87. The molecule has 1 aliphatic heterocycles. The van der Waals surface area contributed by atoms with Crippen molar-refractivity contribution >= 4 is 35.2 Å². The summed E-state index contributed by atoms with van der Waals surface area (Å²) in [7, 11) is 0. The zero-order chi connectivity index (χ0) is 19.6. The van der Waals surface area contributed by atoms with Crippen molar-refractivity contribution in [3.05, 3.63) is 21.4 Å². The number of hydrogen-bond acceptors (Lipinski definition) is 4. The van der Waals surface area contributed by atoms with E-state index in [0.29, 0.717) is 30.2 Å². The minimum atomic E-state index is -0.585. The second-order valence-electron chi connectivity index (χ2n) is 7.49. The summed E-state index contributed by atoms with van der Waals surface area (Å²) in [5.41, 5.74) is 0.221. The Bertz CT molecular complexity index is 684. The Labute approximate surface area is 163 Å². The standard InChI is InChI=1S/C17H25Cl2N3O4/c1-9-12(18)13(19)14(20-9)15(24)21-11-5-6-22(7-10(11)8-23)16(25)26-17(2,3)4/h10-11,20,23H,5-8H2,1-4H3,(H,21,24). The molecule has 0 radical (unpaired) electrons. The van der Waals surface area contributed by atoms with Crippen molar-refractivity contribution in [3.63, 3.8) is 0 Å². The number of hydrogen-bond donors (Lipinski definition) is 3. The molecule has 7 nitrogen and oxygen atoms in total. The summed E-state index contributed by atoms with van der Waals surface area (Å²) in [6, 6.07) is -0.287. The summed E-state index contributed by atoms with van der Waals surface area (Å²) >= 11 is 12.1. The van der Waals surface area contributed by atoms with E-state index in [-0.39, 0.29) is 35.2 Å². The van der Waals surface area contributed by atoms with Crippen molar-refractivity contribution in [1.82, 2.24) is 15.2 Å². The number of amides is 2. The van der Waals surface area contributed by atoms with Gasteiger partial charge in [-0.3, -0.25) is 4.79 Å². The average molecular weight is 406 g/mol. The number of aliphatic hydroxyl groups excluding tert-OH is 1. The largest absolute Gasteiger partial charge is 0.444 e. The van der Waals surface area contributed by atoms with Gasteiger partial charge < -0.3 is 25.0 Å². The topological polar surface area (TPSA) is 94.7 Å². The van der Waals surface area contributed by atoms with Gasteiger partial charge in [0.25, 0.3) is 5.91 Å². The summed E-state index contributed by atoms with van der Waals surface area (Å²) in [6.07, 6.45) is 0.0805. The summed E-state index contributed by atoms with van der Waals surface area (Å²) < 4.78 is 5.37. The second kappa shape index (κ2) is 8.06. The van der Waals surface area contributed by atoms with E-state index in [1.807, 2.05) is 0 Å². The first-order valence-electron chi connectivity index (χ1n) is 8.46. The van der Waals surface area contributed by atoms with Gasteiger partial charge in [-0.25, -0.2) is 4.79 Å². The van der Waals surface area contributed by atoms with Crippen LogP contribution in [0.25, 0.3) is 0 Å². The third kappa shape index (κ3) is 4.84. The lowest BCUT2D eigenvalue weighted by Crippen LogP contribution is -2.54. The lowest BCUT2D eigenvalue weighted by molar-refractivity contribution is 0.00870. The SMILES string of the molecule is Cc1[nH]c(C(=O)NC2CCN(C(=O)OC(C)(C)C)CC2CO)c(Cl)c1Cl. The van der Waals surface area contributed by atoms with Gasteiger partial charge in [-0.1, -0.05) is 23.2 Å². The third-order valence-electron chi connectivity index (χ3n) is 4.22. The Morgan fingerprint density at radius 3 is 2.50 bits per heavy atom. The number of aryl methyl sites for hydroxylation is 1. The molecule has 2 heterocycles. The van der Waals surface area contributed by atoms with Gasteiger partial charge in [0.2, 0.25) is 0 Å². The lowest BCUT2D eigenvalue weighted by atomic mass is 9.93. The van der Waals surface area contributed by atoms with Gasteiger partial charge >= 0.3 is 6.09 Å². The Morgan fingerprint density at radius 1 is 1.35 bits per heavy atom. The fraction of sp³-hybridized carbons (Fsp3) is 0.647. The van der Waals surface area contributed by atoms with Crippen molar-refractivity contribution in [1.29, 1.82) is 0 Å². The molecule has 1 saturated heterocycles. The van der Waals surface area contributed by atoms with Crippen molar-refractivity contribution in [2.45, 2.75) is 45.8 Å². The van der Waals surface area contributed by atoms with Crippen LogP contribution in [0.5, 0.6) is 0 Å². The normalized spacial score (nSPS) is 20.8. The highest BCUT2D eigenvalue weighted by atomic mass is 35.5. The van der Waals surface area contributed by atoms with Gasteiger partial charge in [-0.2, -0.15) is 0 Å². The first-order chi connectivity index (χ1) is 12.0. The number of H-pyrrole nitrogens is 1. The van der Waals surface area contributed by atoms with Crippen LogP contribution in [0.1, 0.15) is 43.4 Å². The third-order valence-corrected chi connectivity index (χ3v) is 5.16. The smallest absolute Gasteiger partial charge is 0.410 e. The van der Waals surface area contributed by atoms with Crippen molar-refractivity contribution in [3.8, 4) is 0 Å². The van der Waals surface area contributed by atoms with E-state index in [1.54, 1.807) is 32.6 Å². The Kier molecular flexibility index (Phi) is 6.47. The molecule has 1 aromatic heterocycles. The number of aliphatic hydroxyl groups is 1. The van der Waals surface area contributed by atoms with Gasteiger partial charge in [0.1, 0.15) is 11.3 Å². The number of likely N-dealkylation sites (tertiary alicyclic amines) is 1. The van der Waals surface area contributed by atoms with E-state index in [0.717, 1.165) is 0 Å². The number of carbonyl (C=O) groups is 2. The number of aromatic amines is 1. The summed E-state index contributed by atoms with van der Waals surface area (Å²) in [5, 5.41) is 13.1. The Hall–Kier alpha value is -1.44. The molecule has 1 fully saturated rings. The van der Waals surface area contributed by atoms with Crippen LogP contribution in [0.4, 0.5) is 4.79 Å². The highest BCUT2D eigenvalue weighted by molar-refractivity contribution is 6.44. The minimum absolute atomic E-state index is 0.164. The molecule has 3 N–H and O–H groups in total. The van der Waals surface area contributed by atoms with Crippen LogP contribution in [0, 0.1) is 12.8 Å². The zero-order valence-electron chi connectivity index (χ0n) is 15.4. The lowest BCUT2D eigenvalue weighted by Gasteiger charge is -2.38. The van der Waals surface area contributed by atoms with Crippen LogP contribution in [0.2, 0.25) is 10.0 Å². The van der Waals surface area contributed by atoms with Crippen molar-refractivity contribution < 1.29 is 19.4 Å². The van der Waals surface area contributed by atoms with Crippen LogP contribution in [0.3, 0.4) is 0 Å². The van der Waals surface area contributed by atoms with Crippen molar-refractivity contribution in [2.24, 2.45) is 5.92 Å². The van der Waals surface area contributed by atoms with Crippen LogP contribution in [-0.2, 0) is 4.74 Å². The van der Waals surface area contributed by atoms with Gasteiger partial charge in [0.15, 0.2) is 0 Å². The predicted molar refractivity (Wildman–Crippen MR) is 99.8 cm³/mol. The number of rotatable bonds is 3. The summed E-state index contributed by atoms with van der Waals surface area (Å²) in [4.78, 5) is 29.1. The quantitative estimate of drug-likeness (QED) is 0.719. The average Bonchev–Trinajstić information content (AvgIpc) is 2.81. The summed E-state index contributed by atoms with van der Waals surface area (Å²) in [5.74, 6) is -0.690. The van der Waals surface area contributed by atoms with Crippen LogP contribution < -0.4 is 5.32 Å². The molecule has 0 aliphatic carbocycles. The van der Waals surface area contributed by atoms with E-state index in [9.17, 15) is 14.7 Å². The van der Waals surface area contributed by atoms with Crippen LogP contribution in [0.15, 0.2) is 0 Å². The number of carbonyl (C=O) groups excluding carboxylic acids is 2. The molecule has 2 amide bonds.